The fourth-order valence-corrected chi connectivity index (χ4v) is 1.04. The zero-order valence-electron chi connectivity index (χ0n) is 6.96. The fraction of sp³-hybridized carbons (Fsp3) is 0.182. The van der Waals surface area contributed by atoms with E-state index in [0.29, 0.717) is 0 Å². The van der Waals surface area contributed by atoms with Crippen molar-refractivity contribution in [2.75, 3.05) is 0 Å². The summed E-state index contributed by atoms with van der Waals surface area (Å²) >= 11 is 5.74. The lowest BCUT2D eigenvalue weighted by molar-refractivity contribution is 1.06. The molecule has 0 amide bonds. The Labute approximate surface area is 78.9 Å². The molecule has 0 spiro atoms. The molecule has 0 unspecified atom stereocenters. The molecular formula is C11H12Cl. The summed E-state index contributed by atoms with van der Waals surface area (Å²) < 4.78 is 0. The Kier molecular flexibility index (Phi) is 3.89. The Morgan fingerprint density at radius 1 is 1.25 bits per heavy atom. The van der Waals surface area contributed by atoms with Crippen LogP contribution in [-0.2, 0) is 0 Å². The predicted octanol–water partition coefficient (Wildman–Crippen LogP) is 3.97. The predicted molar refractivity (Wildman–Crippen MR) is 55.1 cm³/mol. The summed E-state index contributed by atoms with van der Waals surface area (Å²) in [5.74, 6) is 0. The van der Waals surface area contributed by atoms with Gasteiger partial charge in [-0.1, -0.05) is 42.8 Å². The summed E-state index contributed by atoms with van der Waals surface area (Å²) in [4.78, 5) is 0. The largest absolute Gasteiger partial charge is 0.0843 e. The Morgan fingerprint density at radius 3 is 2.50 bits per heavy atom. The highest BCUT2D eigenvalue weighted by Gasteiger charge is 1.86. The molecule has 0 saturated heterocycles. The lowest BCUT2D eigenvalue weighted by Gasteiger charge is -1.92. The second kappa shape index (κ2) is 5.00. The third-order valence-electron chi connectivity index (χ3n) is 1.55. The maximum Gasteiger partial charge on any atom is 0.0406 e. The molecule has 0 N–H and O–H groups in total. The van der Waals surface area contributed by atoms with Gasteiger partial charge in [0.15, 0.2) is 0 Å². The molecular weight excluding hydrogens is 168 g/mol. The first kappa shape index (κ1) is 9.34. The first-order valence-electron chi connectivity index (χ1n) is 4.04. The van der Waals surface area contributed by atoms with E-state index in [2.05, 4.69) is 19.1 Å². The van der Waals surface area contributed by atoms with Gasteiger partial charge in [0.1, 0.15) is 0 Å². The van der Waals surface area contributed by atoms with Crippen molar-refractivity contribution >= 4 is 17.7 Å². The summed E-state index contributed by atoms with van der Waals surface area (Å²) in [7, 11) is 0. The van der Waals surface area contributed by atoms with Gasteiger partial charge in [-0.3, -0.25) is 0 Å². The minimum atomic E-state index is 0.782. The third-order valence-corrected chi connectivity index (χ3v) is 1.80. The third kappa shape index (κ3) is 3.10. The minimum absolute atomic E-state index is 0.782. The van der Waals surface area contributed by atoms with E-state index in [1.54, 1.807) is 0 Å². The zero-order valence-corrected chi connectivity index (χ0v) is 7.72. The highest BCUT2D eigenvalue weighted by atomic mass is 35.5. The van der Waals surface area contributed by atoms with Gasteiger partial charge in [0.25, 0.3) is 0 Å². The van der Waals surface area contributed by atoms with Gasteiger partial charge in [-0.15, -0.1) is 0 Å². The van der Waals surface area contributed by atoms with E-state index >= 15 is 0 Å². The number of hydrogen-bond acceptors (Lipinski definition) is 0. The van der Waals surface area contributed by atoms with Gasteiger partial charge in [0.05, 0.1) is 0 Å². The van der Waals surface area contributed by atoms with E-state index in [0.717, 1.165) is 17.9 Å². The van der Waals surface area contributed by atoms with Crippen LogP contribution in [-0.4, -0.2) is 0 Å². The van der Waals surface area contributed by atoms with Crippen LogP contribution in [0.1, 0.15) is 18.4 Å². The average Bonchev–Trinajstić information content (AvgIpc) is 2.09. The molecule has 63 valence electrons. The molecule has 0 heterocycles. The van der Waals surface area contributed by atoms with Crippen LogP contribution in [0.2, 0.25) is 5.02 Å². The van der Waals surface area contributed by atoms with Crippen LogP contribution in [0.15, 0.2) is 30.3 Å². The summed E-state index contributed by atoms with van der Waals surface area (Å²) in [6, 6.07) is 7.79. The molecule has 0 aliphatic carbocycles. The van der Waals surface area contributed by atoms with Crippen molar-refractivity contribution in [3.05, 3.63) is 47.9 Å². The molecule has 1 radical (unpaired) electrons. The molecule has 1 rings (SSSR count). The van der Waals surface area contributed by atoms with E-state index in [1.165, 1.54) is 5.56 Å². The van der Waals surface area contributed by atoms with E-state index in [-0.39, 0.29) is 0 Å². The van der Waals surface area contributed by atoms with Gasteiger partial charge in [0, 0.05) is 5.02 Å². The Balaban J connectivity index is 2.58. The van der Waals surface area contributed by atoms with Gasteiger partial charge in [-0.2, -0.15) is 0 Å². The van der Waals surface area contributed by atoms with Crippen molar-refractivity contribution in [3.63, 3.8) is 0 Å². The van der Waals surface area contributed by atoms with E-state index in [4.69, 9.17) is 11.6 Å². The Morgan fingerprint density at radius 2 is 1.92 bits per heavy atom. The zero-order chi connectivity index (χ0) is 8.81. The monoisotopic (exact) mass is 179 g/mol. The molecule has 1 aromatic rings. The molecule has 1 aromatic carbocycles. The molecule has 0 bridgehead atoms. The van der Waals surface area contributed by atoms with E-state index < -0.39 is 0 Å². The smallest absolute Gasteiger partial charge is 0.0406 e. The molecule has 1 heteroatoms. The van der Waals surface area contributed by atoms with Gasteiger partial charge in [-0.25, -0.2) is 0 Å². The minimum Gasteiger partial charge on any atom is -0.0843 e. The fourth-order valence-electron chi connectivity index (χ4n) is 0.911. The maximum atomic E-state index is 5.74. The quantitative estimate of drug-likeness (QED) is 0.659. The molecule has 0 aromatic heterocycles. The molecule has 0 saturated carbocycles. The van der Waals surface area contributed by atoms with Crippen molar-refractivity contribution in [2.45, 2.75) is 12.8 Å². The van der Waals surface area contributed by atoms with Gasteiger partial charge >= 0.3 is 0 Å². The van der Waals surface area contributed by atoms with E-state index in [9.17, 15) is 0 Å². The van der Waals surface area contributed by atoms with Gasteiger partial charge < -0.3 is 0 Å². The van der Waals surface area contributed by atoms with Crippen molar-refractivity contribution in [2.24, 2.45) is 0 Å². The average molecular weight is 180 g/mol. The molecule has 0 fully saturated rings. The number of unbranched alkanes of at least 4 members (excludes halogenated alkanes) is 1. The standard InChI is InChI=1S/C11H12Cl/c1-2-3-4-5-10-6-8-11(12)9-7-10/h4-9H,1-3H2. The second-order valence-corrected chi connectivity index (χ2v) is 3.03. The summed E-state index contributed by atoms with van der Waals surface area (Å²) in [5.41, 5.74) is 1.19. The highest BCUT2D eigenvalue weighted by Crippen LogP contribution is 2.10. The molecule has 0 aliphatic heterocycles. The first-order valence-corrected chi connectivity index (χ1v) is 4.42. The first-order chi connectivity index (χ1) is 5.83. The number of halogens is 1. The van der Waals surface area contributed by atoms with Crippen LogP contribution in [0.3, 0.4) is 0 Å². The van der Waals surface area contributed by atoms with Crippen molar-refractivity contribution in [1.82, 2.24) is 0 Å². The van der Waals surface area contributed by atoms with Crippen LogP contribution in [0, 0.1) is 6.92 Å². The van der Waals surface area contributed by atoms with Crippen LogP contribution in [0.5, 0.6) is 0 Å². The number of benzene rings is 1. The molecule has 0 aliphatic rings. The van der Waals surface area contributed by atoms with Crippen molar-refractivity contribution < 1.29 is 0 Å². The second-order valence-electron chi connectivity index (χ2n) is 2.60. The SMILES string of the molecule is [CH2]CCC=Cc1ccc(Cl)cc1. The summed E-state index contributed by atoms with van der Waals surface area (Å²) in [6.45, 7) is 3.76. The molecule has 0 atom stereocenters. The summed E-state index contributed by atoms with van der Waals surface area (Å²) in [6.07, 6.45) is 6.18. The van der Waals surface area contributed by atoms with Crippen LogP contribution < -0.4 is 0 Å². The van der Waals surface area contributed by atoms with Crippen LogP contribution in [0.4, 0.5) is 0 Å². The Bertz CT molecular complexity index is 246. The maximum absolute atomic E-state index is 5.74. The topological polar surface area (TPSA) is 0 Å². The van der Waals surface area contributed by atoms with E-state index in [1.807, 2.05) is 24.3 Å². The van der Waals surface area contributed by atoms with Gasteiger partial charge in [0.2, 0.25) is 0 Å². The normalized spacial score (nSPS) is 10.8. The lowest BCUT2D eigenvalue weighted by atomic mass is 10.2. The Hall–Kier alpha value is -0.750. The number of hydrogen-bond donors (Lipinski definition) is 0. The van der Waals surface area contributed by atoms with Crippen LogP contribution in [0.25, 0.3) is 6.08 Å². The van der Waals surface area contributed by atoms with Crippen molar-refractivity contribution in [1.29, 1.82) is 0 Å². The van der Waals surface area contributed by atoms with Crippen LogP contribution >= 0.6 is 11.6 Å². The van der Waals surface area contributed by atoms with Gasteiger partial charge in [-0.05, 0) is 30.5 Å². The number of allylic oxidation sites excluding steroid dienone is 1. The lowest BCUT2D eigenvalue weighted by Crippen LogP contribution is -1.70. The van der Waals surface area contributed by atoms with Crippen molar-refractivity contribution in [3.8, 4) is 0 Å². The highest BCUT2D eigenvalue weighted by molar-refractivity contribution is 6.30. The molecule has 12 heavy (non-hydrogen) atoms. The summed E-state index contributed by atoms with van der Waals surface area (Å²) in [5, 5.41) is 0.782. The number of rotatable bonds is 3. The molecule has 0 nitrogen and oxygen atoms in total.